The van der Waals surface area contributed by atoms with Crippen LogP contribution in [0.25, 0.3) is 20.7 Å². The van der Waals surface area contributed by atoms with E-state index in [0.717, 1.165) is 41.1 Å². The summed E-state index contributed by atoms with van der Waals surface area (Å²) in [6.45, 7) is 0. The molecule has 0 saturated heterocycles. The van der Waals surface area contributed by atoms with Crippen molar-refractivity contribution >= 4 is 33.3 Å². The summed E-state index contributed by atoms with van der Waals surface area (Å²) in [6.07, 6.45) is 9.95. The van der Waals surface area contributed by atoms with Crippen molar-refractivity contribution in [2.45, 2.75) is 56.1 Å². The van der Waals surface area contributed by atoms with Gasteiger partial charge < -0.3 is 0 Å². The van der Waals surface area contributed by atoms with Gasteiger partial charge in [-0.3, -0.25) is 9.36 Å². The predicted octanol–water partition coefficient (Wildman–Crippen LogP) is 5.45. The second-order valence-electron chi connectivity index (χ2n) is 7.31. The van der Waals surface area contributed by atoms with Crippen molar-refractivity contribution in [3.63, 3.8) is 0 Å². The highest BCUT2D eigenvalue weighted by atomic mass is 32.2. The number of aromatic nitrogens is 2. The second-order valence-corrected chi connectivity index (χ2v) is 9.08. The zero-order valence-corrected chi connectivity index (χ0v) is 16.6. The predicted molar refractivity (Wildman–Crippen MR) is 111 cm³/mol. The van der Waals surface area contributed by atoms with Crippen LogP contribution in [0.4, 0.5) is 0 Å². The molecule has 3 aromatic rings. The highest BCUT2D eigenvalue weighted by Gasteiger charge is 2.27. The molecule has 0 radical (unpaired) electrons. The first-order valence-corrected chi connectivity index (χ1v) is 11.5. The van der Waals surface area contributed by atoms with Gasteiger partial charge in [-0.05, 0) is 48.6 Å². The Labute approximate surface area is 161 Å². The summed E-state index contributed by atoms with van der Waals surface area (Å²) in [4.78, 5) is 20.7. The van der Waals surface area contributed by atoms with Crippen molar-refractivity contribution in [3.8, 4) is 10.4 Å². The minimum Gasteiger partial charge on any atom is -0.284 e. The smallest absolute Gasteiger partial charge is 0.263 e. The van der Waals surface area contributed by atoms with Crippen LogP contribution in [0.2, 0.25) is 0 Å². The topological polar surface area (TPSA) is 34.9 Å². The Kier molecular flexibility index (Phi) is 4.17. The maximum Gasteiger partial charge on any atom is 0.263 e. The first kappa shape index (κ1) is 16.6. The van der Waals surface area contributed by atoms with Gasteiger partial charge in [0.05, 0.1) is 5.39 Å². The molecule has 2 aromatic heterocycles. The Balaban J connectivity index is 1.77. The van der Waals surface area contributed by atoms with Crippen LogP contribution in [-0.4, -0.2) is 15.8 Å². The van der Waals surface area contributed by atoms with Gasteiger partial charge in [0, 0.05) is 10.9 Å². The monoisotopic (exact) mass is 382 g/mol. The van der Waals surface area contributed by atoms with Crippen LogP contribution in [0.1, 0.15) is 49.3 Å². The summed E-state index contributed by atoms with van der Waals surface area (Å²) in [5, 5.41) is 1.78. The lowest BCUT2D eigenvalue weighted by atomic mass is 9.90. The normalized spacial score (nSPS) is 17.3. The maximum absolute atomic E-state index is 13.6. The third kappa shape index (κ3) is 2.48. The molecule has 0 aliphatic heterocycles. The largest absolute Gasteiger partial charge is 0.284 e. The maximum atomic E-state index is 13.6. The molecule has 0 unspecified atom stereocenters. The van der Waals surface area contributed by atoms with Crippen LogP contribution < -0.4 is 5.56 Å². The summed E-state index contributed by atoms with van der Waals surface area (Å²) in [6, 6.07) is 8.93. The summed E-state index contributed by atoms with van der Waals surface area (Å²) in [5.41, 5.74) is 4.12. The van der Waals surface area contributed by atoms with Gasteiger partial charge in [0.25, 0.3) is 5.56 Å². The standard InChI is InChI=1S/C21H22N2OS2/c1-25-21-22-19-17(20(24)23(21)14-8-3-2-4-9-14)16-12-11-13-7-5-6-10-15(13)18(16)26-19/h5-7,10,14H,2-4,8-9,11-12H2,1H3. The minimum atomic E-state index is 0.197. The van der Waals surface area contributed by atoms with Gasteiger partial charge in [0.2, 0.25) is 0 Å². The van der Waals surface area contributed by atoms with E-state index in [1.54, 1.807) is 23.1 Å². The molecule has 134 valence electrons. The average molecular weight is 383 g/mol. The van der Waals surface area contributed by atoms with Crippen molar-refractivity contribution in [1.29, 1.82) is 0 Å². The highest BCUT2D eigenvalue weighted by Crippen LogP contribution is 2.43. The van der Waals surface area contributed by atoms with E-state index in [1.165, 1.54) is 40.8 Å². The lowest BCUT2D eigenvalue weighted by Crippen LogP contribution is -2.29. The summed E-state index contributed by atoms with van der Waals surface area (Å²) in [7, 11) is 0. The molecule has 2 heterocycles. The summed E-state index contributed by atoms with van der Waals surface area (Å²) < 4.78 is 2.03. The number of hydrogen-bond acceptors (Lipinski definition) is 4. The minimum absolute atomic E-state index is 0.197. The number of benzene rings is 1. The van der Waals surface area contributed by atoms with Gasteiger partial charge in [-0.15, -0.1) is 11.3 Å². The fraction of sp³-hybridized carbons (Fsp3) is 0.429. The fourth-order valence-corrected chi connectivity index (χ4v) is 6.52. The van der Waals surface area contributed by atoms with E-state index in [1.807, 2.05) is 10.8 Å². The third-order valence-corrected chi connectivity index (χ3v) is 7.67. The molecular weight excluding hydrogens is 360 g/mol. The van der Waals surface area contributed by atoms with Crippen molar-refractivity contribution in [2.24, 2.45) is 0 Å². The van der Waals surface area contributed by atoms with Crippen LogP contribution >= 0.6 is 23.1 Å². The number of aryl methyl sites for hydroxylation is 2. The number of nitrogens with zero attached hydrogens (tertiary/aromatic N) is 2. The molecule has 0 bridgehead atoms. The van der Waals surface area contributed by atoms with Gasteiger partial charge in [0.1, 0.15) is 4.83 Å². The quantitative estimate of drug-likeness (QED) is 0.437. The van der Waals surface area contributed by atoms with E-state index in [-0.39, 0.29) is 5.56 Å². The van der Waals surface area contributed by atoms with Crippen molar-refractivity contribution < 1.29 is 0 Å². The van der Waals surface area contributed by atoms with Gasteiger partial charge in [0.15, 0.2) is 5.16 Å². The fourth-order valence-electron chi connectivity index (χ4n) is 4.58. The van der Waals surface area contributed by atoms with E-state index in [4.69, 9.17) is 4.98 Å². The SMILES string of the molecule is CSc1nc2sc3c(c2c(=O)n1C1CCCCC1)CCc1ccccc1-3. The molecule has 0 amide bonds. The number of fused-ring (bicyclic) bond motifs is 5. The average Bonchev–Trinajstić information content (AvgIpc) is 3.07. The Morgan fingerprint density at radius 3 is 2.77 bits per heavy atom. The Morgan fingerprint density at radius 2 is 1.96 bits per heavy atom. The molecule has 2 aliphatic carbocycles. The molecule has 2 aliphatic rings. The molecule has 1 fully saturated rings. The zero-order valence-electron chi connectivity index (χ0n) is 15.0. The number of rotatable bonds is 2. The molecule has 1 aromatic carbocycles. The molecular formula is C21H22N2OS2. The van der Waals surface area contributed by atoms with Crippen molar-refractivity contribution in [3.05, 3.63) is 45.7 Å². The highest BCUT2D eigenvalue weighted by molar-refractivity contribution is 7.98. The summed E-state index contributed by atoms with van der Waals surface area (Å²) in [5.74, 6) is 0. The molecule has 0 atom stereocenters. The van der Waals surface area contributed by atoms with E-state index in [0.29, 0.717) is 6.04 Å². The number of thiophene rings is 1. The zero-order chi connectivity index (χ0) is 17.7. The third-order valence-electron chi connectivity index (χ3n) is 5.85. The van der Waals surface area contributed by atoms with Gasteiger partial charge in [-0.2, -0.15) is 0 Å². The van der Waals surface area contributed by atoms with Crippen LogP contribution in [-0.2, 0) is 12.8 Å². The molecule has 5 rings (SSSR count). The lowest BCUT2D eigenvalue weighted by molar-refractivity contribution is 0.326. The molecule has 3 nitrogen and oxygen atoms in total. The van der Waals surface area contributed by atoms with E-state index >= 15 is 0 Å². The Hall–Kier alpha value is -1.59. The van der Waals surface area contributed by atoms with E-state index in [2.05, 4.69) is 24.3 Å². The van der Waals surface area contributed by atoms with Crippen LogP contribution in [0.15, 0.2) is 34.2 Å². The lowest BCUT2D eigenvalue weighted by Gasteiger charge is -2.25. The van der Waals surface area contributed by atoms with Gasteiger partial charge >= 0.3 is 0 Å². The molecule has 0 spiro atoms. The Morgan fingerprint density at radius 1 is 1.15 bits per heavy atom. The van der Waals surface area contributed by atoms with Crippen LogP contribution in [0.3, 0.4) is 0 Å². The van der Waals surface area contributed by atoms with E-state index < -0.39 is 0 Å². The number of thioether (sulfide) groups is 1. The molecule has 1 saturated carbocycles. The first-order chi connectivity index (χ1) is 12.8. The second kappa shape index (κ2) is 6.54. The van der Waals surface area contributed by atoms with Gasteiger partial charge in [-0.25, -0.2) is 4.98 Å². The van der Waals surface area contributed by atoms with Crippen molar-refractivity contribution in [1.82, 2.24) is 9.55 Å². The van der Waals surface area contributed by atoms with Crippen molar-refractivity contribution in [2.75, 3.05) is 6.26 Å². The molecule has 5 heteroatoms. The van der Waals surface area contributed by atoms with E-state index in [9.17, 15) is 4.79 Å². The van der Waals surface area contributed by atoms with Crippen LogP contribution in [0, 0.1) is 0 Å². The molecule has 0 N–H and O–H groups in total. The van der Waals surface area contributed by atoms with Gasteiger partial charge in [-0.1, -0.05) is 55.3 Å². The Bertz CT molecular complexity index is 1040. The molecule has 26 heavy (non-hydrogen) atoms. The first-order valence-electron chi connectivity index (χ1n) is 9.48. The van der Waals surface area contributed by atoms with Crippen LogP contribution in [0.5, 0.6) is 0 Å². The summed E-state index contributed by atoms with van der Waals surface area (Å²) >= 11 is 3.31. The number of hydrogen-bond donors (Lipinski definition) is 0.